The van der Waals surface area contributed by atoms with Gasteiger partial charge >= 0.3 is 0 Å². The fraction of sp³-hybridized carbons (Fsp3) is 0.889. The topological polar surface area (TPSA) is 70.7 Å². The van der Waals surface area contributed by atoms with E-state index in [1.807, 2.05) is 11.8 Å². The summed E-state index contributed by atoms with van der Waals surface area (Å²) in [4.78, 5) is 26.7. The van der Waals surface area contributed by atoms with Crippen LogP contribution in [0.2, 0.25) is 0 Å². The molecule has 0 aromatic carbocycles. The van der Waals surface area contributed by atoms with E-state index in [-0.39, 0.29) is 30.0 Å². The van der Waals surface area contributed by atoms with Gasteiger partial charge in [0.15, 0.2) is 0 Å². The maximum Gasteiger partial charge on any atom is 0.242 e. The van der Waals surface area contributed by atoms with Gasteiger partial charge in [0.2, 0.25) is 11.8 Å². The van der Waals surface area contributed by atoms with Crippen molar-refractivity contribution in [3.8, 4) is 0 Å². The van der Waals surface area contributed by atoms with Crippen molar-refractivity contribution >= 4 is 11.8 Å². The van der Waals surface area contributed by atoms with E-state index in [0.29, 0.717) is 18.9 Å². The molecular weight excluding hydrogens is 306 g/mol. The summed E-state index contributed by atoms with van der Waals surface area (Å²) in [5, 5.41) is 6.44. The Bertz CT molecular complexity index is 443. The van der Waals surface area contributed by atoms with E-state index in [0.717, 1.165) is 32.5 Å². The van der Waals surface area contributed by atoms with Gasteiger partial charge in [0, 0.05) is 32.1 Å². The summed E-state index contributed by atoms with van der Waals surface area (Å²) in [7, 11) is 0. The van der Waals surface area contributed by atoms with E-state index in [1.165, 1.54) is 25.7 Å². The number of hydrogen-bond donors (Lipinski definition) is 2. The Labute approximate surface area is 144 Å². The van der Waals surface area contributed by atoms with Crippen molar-refractivity contribution in [1.29, 1.82) is 0 Å². The lowest BCUT2D eigenvalue weighted by Crippen LogP contribution is -2.58. The summed E-state index contributed by atoms with van der Waals surface area (Å²) in [5.74, 6) is 0.922. The van der Waals surface area contributed by atoms with E-state index < -0.39 is 0 Å². The quantitative estimate of drug-likeness (QED) is 0.804. The van der Waals surface area contributed by atoms with Gasteiger partial charge < -0.3 is 20.3 Å². The minimum Gasteiger partial charge on any atom is -0.375 e. The molecule has 136 valence electrons. The summed E-state index contributed by atoms with van der Waals surface area (Å²) in [6.07, 6.45) is 7.26. The Morgan fingerprint density at radius 2 is 1.88 bits per heavy atom. The molecule has 3 fully saturated rings. The Hall–Kier alpha value is -1.14. The van der Waals surface area contributed by atoms with Crippen LogP contribution in [0.1, 0.15) is 51.9 Å². The molecule has 0 bridgehead atoms. The molecule has 6 nitrogen and oxygen atoms in total. The van der Waals surface area contributed by atoms with Crippen LogP contribution in [-0.2, 0) is 14.3 Å². The van der Waals surface area contributed by atoms with Gasteiger partial charge in [0.25, 0.3) is 0 Å². The van der Waals surface area contributed by atoms with Crippen molar-refractivity contribution in [1.82, 2.24) is 15.5 Å². The van der Waals surface area contributed by atoms with E-state index in [2.05, 4.69) is 10.6 Å². The number of morpholine rings is 1. The Morgan fingerprint density at radius 1 is 1.17 bits per heavy atom. The third kappa shape index (κ3) is 4.48. The van der Waals surface area contributed by atoms with E-state index in [1.54, 1.807) is 0 Å². The van der Waals surface area contributed by atoms with Crippen molar-refractivity contribution in [3.05, 3.63) is 0 Å². The second kappa shape index (κ2) is 8.30. The van der Waals surface area contributed by atoms with E-state index in [4.69, 9.17) is 4.74 Å². The number of ether oxygens (including phenoxy) is 1. The van der Waals surface area contributed by atoms with Gasteiger partial charge in [0.05, 0.1) is 12.7 Å². The first kappa shape index (κ1) is 17.7. The van der Waals surface area contributed by atoms with Gasteiger partial charge in [-0.2, -0.15) is 0 Å². The van der Waals surface area contributed by atoms with E-state index >= 15 is 0 Å². The van der Waals surface area contributed by atoms with Crippen LogP contribution < -0.4 is 10.6 Å². The highest BCUT2D eigenvalue weighted by Crippen LogP contribution is 2.27. The second-order valence-electron chi connectivity index (χ2n) is 7.53. The van der Waals surface area contributed by atoms with Crippen LogP contribution in [0.15, 0.2) is 0 Å². The molecule has 3 aliphatic rings. The summed E-state index contributed by atoms with van der Waals surface area (Å²) in [6, 6.07) is -0.0109. The second-order valence-corrected chi connectivity index (χ2v) is 7.53. The molecule has 6 heteroatoms. The first-order valence-corrected chi connectivity index (χ1v) is 9.56. The van der Waals surface area contributed by atoms with Crippen molar-refractivity contribution in [3.63, 3.8) is 0 Å². The summed E-state index contributed by atoms with van der Waals surface area (Å²) >= 11 is 0. The SMILES string of the molecule is C[C@H]1OCCN[C@@H]1C(=O)N1CCC(NC(=O)CC2CCCC2)CC1. The van der Waals surface area contributed by atoms with Crippen LogP contribution in [0.4, 0.5) is 0 Å². The molecule has 2 saturated heterocycles. The minimum absolute atomic E-state index is 0.0740. The zero-order chi connectivity index (χ0) is 16.9. The largest absolute Gasteiger partial charge is 0.375 e. The summed E-state index contributed by atoms with van der Waals surface area (Å²) < 4.78 is 5.57. The van der Waals surface area contributed by atoms with Crippen molar-refractivity contribution < 1.29 is 14.3 Å². The number of nitrogens with one attached hydrogen (secondary N) is 2. The maximum atomic E-state index is 12.6. The Morgan fingerprint density at radius 3 is 2.54 bits per heavy atom. The van der Waals surface area contributed by atoms with Crippen LogP contribution in [0.3, 0.4) is 0 Å². The molecule has 1 saturated carbocycles. The lowest BCUT2D eigenvalue weighted by Gasteiger charge is -2.37. The standard InChI is InChI=1S/C18H31N3O3/c1-13-17(19-8-11-24-13)18(23)21-9-6-15(7-10-21)20-16(22)12-14-4-2-3-5-14/h13-15,17,19H,2-12H2,1H3,(H,20,22)/t13-,17+/m1/s1. The number of likely N-dealkylation sites (tertiary alicyclic amines) is 1. The van der Waals surface area contributed by atoms with Gasteiger partial charge in [0.1, 0.15) is 6.04 Å². The van der Waals surface area contributed by atoms with Crippen LogP contribution in [0, 0.1) is 5.92 Å². The van der Waals surface area contributed by atoms with Crippen LogP contribution >= 0.6 is 0 Å². The van der Waals surface area contributed by atoms with Crippen LogP contribution in [-0.4, -0.2) is 61.1 Å². The monoisotopic (exact) mass is 337 g/mol. The van der Waals surface area contributed by atoms with Crippen LogP contribution in [0.5, 0.6) is 0 Å². The molecule has 0 aromatic heterocycles. The predicted octanol–water partition coefficient (Wildman–Crippen LogP) is 1.05. The average Bonchev–Trinajstić information content (AvgIpc) is 3.08. The van der Waals surface area contributed by atoms with E-state index in [9.17, 15) is 9.59 Å². The van der Waals surface area contributed by atoms with Gasteiger partial charge in [-0.1, -0.05) is 12.8 Å². The zero-order valence-electron chi connectivity index (χ0n) is 14.8. The molecule has 24 heavy (non-hydrogen) atoms. The first-order valence-electron chi connectivity index (χ1n) is 9.56. The molecule has 1 aliphatic carbocycles. The highest BCUT2D eigenvalue weighted by Gasteiger charge is 2.33. The van der Waals surface area contributed by atoms with Gasteiger partial charge in [-0.25, -0.2) is 0 Å². The van der Waals surface area contributed by atoms with Gasteiger partial charge in [-0.3, -0.25) is 9.59 Å². The molecule has 2 atom stereocenters. The molecule has 0 radical (unpaired) electrons. The number of carbonyl (C=O) groups excluding carboxylic acids is 2. The number of piperidine rings is 1. The molecule has 0 unspecified atom stereocenters. The smallest absolute Gasteiger partial charge is 0.242 e. The molecular formula is C18H31N3O3. The molecule has 0 aromatic rings. The maximum absolute atomic E-state index is 12.6. The van der Waals surface area contributed by atoms with Crippen LogP contribution in [0.25, 0.3) is 0 Å². The molecule has 2 N–H and O–H groups in total. The van der Waals surface area contributed by atoms with Crippen molar-refractivity contribution in [2.45, 2.75) is 70.1 Å². The number of rotatable bonds is 4. The van der Waals surface area contributed by atoms with Crippen molar-refractivity contribution in [2.24, 2.45) is 5.92 Å². The fourth-order valence-corrected chi connectivity index (χ4v) is 4.21. The third-order valence-electron chi connectivity index (χ3n) is 5.70. The molecule has 0 spiro atoms. The normalized spacial score (nSPS) is 29.6. The predicted molar refractivity (Wildman–Crippen MR) is 91.5 cm³/mol. The lowest BCUT2D eigenvalue weighted by molar-refractivity contribution is -0.140. The molecule has 2 aliphatic heterocycles. The zero-order valence-corrected chi connectivity index (χ0v) is 14.8. The lowest BCUT2D eigenvalue weighted by atomic mass is 10.0. The highest BCUT2D eigenvalue weighted by atomic mass is 16.5. The number of hydrogen-bond acceptors (Lipinski definition) is 4. The number of nitrogens with zero attached hydrogens (tertiary/aromatic N) is 1. The molecule has 2 heterocycles. The third-order valence-corrected chi connectivity index (χ3v) is 5.70. The fourth-order valence-electron chi connectivity index (χ4n) is 4.21. The Kier molecular flexibility index (Phi) is 6.11. The Balaban J connectivity index is 1.40. The average molecular weight is 337 g/mol. The summed E-state index contributed by atoms with van der Waals surface area (Å²) in [6.45, 7) is 4.79. The summed E-state index contributed by atoms with van der Waals surface area (Å²) in [5.41, 5.74) is 0. The van der Waals surface area contributed by atoms with Gasteiger partial charge in [-0.05, 0) is 38.5 Å². The first-order chi connectivity index (χ1) is 11.6. The number of amides is 2. The highest BCUT2D eigenvalue weighted by molar-refractivity contribution is 5.83. The minimum atomic E-state index is -0.229. The van der Waals surface area contributed by atoms with Crippen molar-refractivity contribution in [2.75, 3.05) is 26.2 Å². The molecule has 3 rings (SSSR count). The molecule has 2 amide bonds. The number of carbonyl (C=O) groups is 2. The van der Waals surface area contributed by atoms with Gasteiger partial charge in [-0.15, -0.1) is 0 Å².